The third kappa shape index (κ3) is 2.27. The highest BCUT2D eigenvalue weighted by Gasteiger charge is 2.34. The fourth-order valence-electron chi connectivity index (χ4n) is 2.57. The highest BCUT2D eigenvalue weighted by molar-refractivity contribution is 4.90. The van der Waals surface area contributed by atoms with Gasteiger partial charge in [-0.05, 0) is 32.7 Å². The SMILES string of the molecule is COC1(C)CCN(CC2CCCN2)C1. The summed E-state index contributed by atoms with van der Waals surface area (Å²) < 4.78 is 5.53. The molecule has 1 N–H and O–H groups in total. The van der Waals surface area contributed by atoms with E-state index >= 15 is 0 Å². The Labute approximate surface area is 86.8 Å². The molecule has 14 heavy (non-hydrogen) atoms. The fourth-order valence-corrected chi connectivity index (χ4v) is 2.57. The zero-order valence-electron chi connectivity index (χ0n) is 9.38. The molecule has 0 bridgehead atoms. The van der Waals surface area contributed by atoms with Gasteiger partial charge < -0.3 is 10.1 Å². The van der Waals surface area contributed by atoms with E-state index in [1.54, 1.807) is 0 Å². The van der Waals surface area contributed by atoms with Crippen LogP contribution < -0.4 is 5.32 Å². The highest BCUT2D eigenvalue weighted by Crippen LogP contribution is 2.24. The Morgan fingerprint density at radius 2 is 2.43 bits per heavy atom. The van der Waals surface area contributed by atoms with Crippen molar-refractivity contribution in [2.24, 2.45) is 0 Å². The summed E-state index contributed by atoms with van der Waals surface area (Å²) in [6.07, 6.45) is 3.87. The molecule has 3 nitrogen and oxygen atoms in total. The molecular weight excluding hydrogens is 176 g/mol. The number of methoxy groups -OCH3 is 1. The second-order valence-corrected chi connectivity index (χ2v) is 4.93. The molecule has 2 heterocycles. The van der Waals surface area contributed by atoms with E-state index < -0.39 is 0 Å². The normalized spacial score (nSPS) is 39.4. The first-order valence-electron chi connectivity index (χ1n) is 5.73. The molecule has 0 aromatic rings. The van der Waals surface area contributed by atoms with Crippen molar-refractivity contribution < 1.29 is 4.74 Å². The lowest BCUT2D eigenvalue weighted by atomic mass is 10.1. The number of rotatable bonds is 3. The van der Waals surface area contributed by atoms with Crippen molar-refractivity contribution in [1.29, 1.82) is 0 Å². The van der Waals surface area contributed by atoms with Crippen LogP contribution in [0.2, 0.25) is 0 Å². The van der Waals surface area contributed by atoms with E-state index in [0.717, 1.165) is 12.6 Å². The van der Waals surface area contributed by atoms with Crippen molar-refractivity contribution in [3.63, 3.8) is 0 Å². The van der Waals surface area contributed by atoms with Gasteiger partial charge in [0, 0.05) is 32.8 Å². The van der Waals surface area contributed by atoms with E-state index in [9.17, 15) is 0 Å². The number of nitrogens with zero attached hydrogens (tertiary/aromatic N) is 1. The van der Waals surface area contributed by atoms with Crippen molar-refractivity contribution in [2.75, 3.05) is 33.3 Å². The quantitative estimate of drug-likeness (QED) is 0.727. The zero-order valence-corrected chi connectivity index (χ0v) is 9.38. The maximum atomic E-state index is 5.53. The summed E-state index contributed by atoms with van der Waals surface area (Å²) in [7, 11) is 1.83. The molecule has 2 atom stereocenters. The van der Waals surface area contributed by atoms with Gasteiger partial charge in [0.25, 0.3) is 0 Å². The van der Waals surface area contributed by atoms with Crippen LogP contribution in [0.3, 0.4) is 0 Å². The second kappa shape index (κ2) is 4.17. The maximum absolute atomic E-state index is 5.53. The Balaban J connectivity index is 1.78. The van der Waals surface area contributed by atoms with Crippen LogP contribution >= 0.6 is 0 Å². The van der Waals surface area contributed by atoms with Crippen molar-refractivity contribution in [1.82, 2.24) is 10.2 Å². The molecule has 0 aromatic heterocycles. The van der Waals surface area contributed by atoms with Gasteiger partial charge in [0.05, 0.1) is 5.60 Å². The molecule has 2 aliphatic heterocycles. The molecular formula is C11H22N2O. The first-order valence-corrected chi connectivity index (χ1v) is 5.73. The minimum absolute atomic E-state index is 0.110. The summed E-state index contributed by atoms with van der Waals surface area (Å²) >= 11 is 0. The molecule has 0 saturated carbocycles. The van der Waals surface area contributed by atoms with E-state index in [1.807, 2.05) is 7.11 Å². The van der Waals surface area contributed by atoms with Gasteiger partial charge in [0.15, 0.2) is 0 Å². The van der Waals surface area contributed by atoms with Gasteiger partial charge in [-0.15, -0.1) is 0 Å². The van der Waals surface area contributed by atoms with Crippen LogP contribution in [0.5, 0.6) is 0 Å². The first kappa shape index (κ1) is 10.4. The zero-order chi connectivity index (χ0) is 10.0. The van der Waals surface area contributed by atoms with Crippen molar-refractivity contribution in [3.8, 4) is 0 Å². The Hall–Kier alpha value is -0.120. The van der Waals surface area contributed by atoms with Gasteiger partial charge in [-0.25, -0.2) is 0 Å². The molecule has 0 amide bonds. The summed E-state index contributed by atoms with van der Waals surface area (Å²) in [5, 5.41) is 3.55. The summed E-state index contributed by atoms with van der Waals surface area (Å²) in [4.78, 5) is 2.53. The molecule has 2 saturated heterocycles. The third-order valence-electron chi connectivity index (χ3n) is 3.65. The van der Waals surface area contributed by atoms with Crippen molar-refractivity contribution in [3.05, 3.63) is 0 Å². The summed E-state index contributed by atoms with van der Waals surface area (Å²) in [6.45, 7) is 6.93. The smallest absolute Gasteiger partial charge is 0.0789 e. The molecule has 2 unspecified atom stereocenters. The van der Waals surface area contributed by atoms with Gasteiger partial charge in [0.2, 0.25) is 0 Å². The Kier molecular flexibility index (Phi) is 3.10. The largest absolute Gasteiger partial charge is 0.377 e. The molecule has 0 spiro atoms. The van der Waals surface area contributed by atoms with E-state index in [1.165, 1.54) is 38.9 Å². The van der Waals surface area contributed by atoms with Crippen LogP contribution in [0.15, 0.2) is 0 Å². The topological polar surface area (TPSA) is 24.5 Å². The molecule has 82 valence electrons. The number of hydrogen-bond acceptors (Lipinski definition) is 3. The third-order valence-corrected chi connectivity index (χ3v) is 3.65. The van der Waals surface area contributed by atoms with Gasteiger partial charge in [-0.1, -0.05) is 0 Å². The minimum atomic E-state index is 0.110. The first-order chi connectivity index (χ1) is 6.72. The van der Waals surface area contributed by atoms with E-state index in [-0.39, 0.29) is 5.60 Å². The average molecular weight is 198 g/mol. The van der Waals surface area contributed by atoms with E-state index in [2.05, 4.69) is 17.1 Å². The van der Waals surface area contributed by atoms with Crippen LogP contribution in [0.1, 0.15) is 26.2 Å². The molecule has 0 radical (unpaired) electrons. The van der Waals surface area contributed by atoms with Crippen LogP contribution in [-0.4, -0.2) is 49.8 Å². The number of ether oxygens (including phenoxy) is 1. The van der Waals surface area contributed by atoms with Gasteiger partial charge in [-0.3, -0.25) is 4.90 Å². The molecule has 0 aromatic carbocycles. The number of nitrogens with one attached hydrogen (secondary N) is 1. The predicted octanol–water partition coefficient (Wildman–Crippen LogP) is 0.849. The van der Waals surface area contributed by atoms with Crippen molar-refractivity contribution in [2.45, 2.75) is 37.8 Å². The van der Waals surface area contributed by atoms with Crippen LogP contribution in [0.25, 0.3) is 0 Å². The molecule has 0 aliphatic carbocycles. The van der Waals surface area contributed by atoms with Gasteiger partial charge in [0.1, 0.15) is 0 Å². The number of likely N-dealkylation sites (tertiary alicyclic amines) is 1. The standard InChI is InChI=1S/C11H22N2O/c1-11(14-2)5-7-13(9-11)8-10-4-3-6-12-10/h10,12H,3-9H2,1-2H3. The minimum Gasteiger partial charge on any atom is -0.377 e. The monoisotopic (exact) mass is 198 g/mol. The van der Waals surface area contributed by atoms with E-state index in [4.69, 9.17) is 4.74 Å². The fraction of sp³-hybridized carbons (Fsp3) is 1.00. The lowest BCUT2D eigenvalue weighted by Crippen LogP contribution is -2.39. The summed E-state index contributed by atoms with van der Waals surface area (Å²) in [5.41, 5.74) is 0.110. The Bertz CT molecular complexity index is 192. The van der Waals surface area contributed by atoms with Crippen LogP contribution in [-0.2, 0) is 4.74 Å². The highest BCUT2D eigenvalue weighted by atomic mass is 16.5. The van der Waals surface area contributed by atoms with Crippen LogP contribution in [0.4, 0.5) is 0 Å². The lowest BCUT2D eigenvalue weighted by molar-refractivity contribution is 0.0144. The van der Waals surface area contributed by atoms with Crippen molar-refractivity contribution >= 4 is 0 Å². The summed E-state index contributed by atoms with van der Waals surface area (Å²) in [6, 6.07) is 0.731. The maximum Gasteiger partial charge on any atom is 0.0789 e. The second-order valence-electron chi connectivity index (χ2n) is 4.93. The van der Waals surface area contributed by atoms with Gasteiger partial charge >= 0.3 is 0 Å². The number of hydrogen-bond donors (Lipinski definition) is 1. The molecule has 2 aliphatic rings. The molecule has 3 heteroatoms. The van der Waals surface area contributed by atoms with Crippen LogP contribution in [0, 0.1) is 0 Å². The Morgan fingerprint density at radius 3 is 3.00 bits per heavy atom. The van der Waals surface area contributed by atoms with E-state index in [0.29, 0.717) is 0 Å². The lowest BCUT2D eigenvalue weighted by Gasteiger charge is -2.24. The molecule has 2 rings (SSSR count). The summed E-state index contributed by atoms with van der Waals surface area (Å²) in [5.74, 6) is 0. The molecule has 2 fully saturated rings. The predicted molar refractivity (Wildman–Crippen MR) is 57.5 cm³/mol. The average Bonchev–Trinajstić information content (AvgIpc) is 2.78. The van der Waals surface area contributed by atoms with Gasteiger partial charge in [-0.2, -0.15) is 0 Å². The Morgan fingerprint density at radius 1 is 1.57 bits per heavy atom.